The molecular weight excluding hydrogens is 787 g/mol. The molecule has 0 aliphatic carbocycles. The Kier molecular flexibility index (Phi) is 6.95. The van der Waals surface area contributed by atoms with Gasteiger partial charge in [-0.3, -0.25) is 0 Å². The second-order valence-corrected chi connectivity index (χ2v) is 17.7. The van der Waals surface area contributed by atoms with Crippen molar-refractivity contribution in [1.29, 1.82) is 0 Å². The van der Waals surface area contributed by atoms with Crippen LogP contribution in [0, 0.1) is 0 Å². The van der Waals surface area contributed by atoms with Crippen LogP contribution in [0.15, 0.2) is 224 Å². The monoisotopic (exact) mass is 823 g/mol. The minimum Gasteiger partial charge on any atom is -0.309 e. The molecular formula is C62H37N3. The number of fused-ring (bicyclic) bond motifs is 15. The summed E-state index contributed by atoms with van der Waals surface area (Å²) in [5.74, 6) is 0. The zero-order valence-corrected chi connectivity index (χ0v) is 35.2. The van der Waals surface area contributed by atoms with Gasteiger partial charge in [0.05, 0.1) is 44.3 Å². The molecule has 15 aromatic rings. The highest BCUT2D eigenvalue weighted by Crippen LogP contribution is 2.43. The Morgan fingerprint density at radius 3 is 1.35 bits per heavy atom. The highest BCUT2D eigenvalue weighted by Gasteiger charge is 2.20. The average Bonchev–Trinajstić information content (AvgIpc) is 4.10. The highest BCUT2D eigenvalue weighted by atomic mass is 15.0. The van der Waals surface area contributed by atoms with Crippen LogP contribution in [0.1, 0.15) is 0 Å². The third-order valence-corrected chi connectivity index (χ3v) is 14.3. The summed E-state index contributed by atoms with van der Waals surface area (Å²) in [6, 6.07) is 83.2. The van der Waals surface area contributed by atoms with Crippen molar-refractivity contribution in [2.45, 2.75) is 0 Å². The van der Waals surface area contributed by atoms with Crippen molar-refractivity contribution in [3.63, 3.8) is 0 Å². The van der Waals surface area contributed by atoms with E-state index in [2.05, 4.69) is 238 Å². The van der Waals surface area contributed by atoms with Gasteiger partial charge in [-0.05, 0) is 99.1 Å². The van der Waals surface area contributed by atoms with Gasteiger partial charge >= 0.3 is 0 Å². The second kappa shape index (κ2) is 12.9. The van der Waals surface area contributed by atoms with Gasteiger partial charge in [-0.1, -0.05) is 164 Å². The number of hydrogen-bond donors (Lipinski definition) is 0. The molecule has 0 N–H and O–H groups in total. The standard InChI is InChI=1S/C62H37N3/c1-2-13-44-42(12-1)36-60(46-15-4-3-14-45(44)46)64-56-22-9-7-18-49(56)54-35-41(29-33-59(54)64)39-26-24-38(25-27-39)40-28-32-58-53(34-40)48-17-6-8-21-55(48)63(58)43-30-31-50-52-20-11-19-51-47-16-5-10-23-57(47)65(62(51)52)61(50)37-43/h1-37H. The molecule has 11 aromatic carbocycles. The van der Waals surface area contributed by atoms with Gasteiger partial charge in [-0.2, -0.15) is 0 Å². The Balaban J connectivity index is 0.832. The quantitative estimate of drug-likeness (QED) is 0.157. The van der Waals surface area contributed by atoms with E-state index in [1.54, 1.807) is 0 Å². The van der Waals surface area contributed by atoms with E-state index in [0.29, 0.717) is 0 Å². The molecule has 0 amide bonds. The zero-order chi connectivity index (χ0) is 42.3. The Bertz CT molecular complexity index is 4460. The molecule has 0 atom stereocenters. The van der Waals surface area contributed by atoms with Gasteiger partial charge in [0.15, 0.2) is 0 Å². The van der Waals surface area contributed by atoms with E-state index in [9.17, 15) is 0 Å². The van der Waals surface area contributed by atoms with E-state index in [0.717, 1.165) is 5.69 Å². The molecule has 0 fully saturated rings. The molecule has 0 aliphatic heterocycles. The first-order valence-corrected chi connectivity index (χ1v) is 22.5. The van der Waals surface area contributed by atoms with Gasteiger partial charge in [-0.25, -0.2) is 0 Å². The van der Waals surface area contributed by atoms with Gasteiger partial charge in [-0.15, -0.1) is 0 Å². The van der Waals surface area contributed by atoms with E-state index >= 15 is 0 Å². The number of aromatic nitrogens is 3. The summed E-state index contributed by atoms with van der Waals surface area (Å²) < 4.78 is 7.38. The number of para-hydroxylation sites is 4. The van der Waals surface area contributed by atoms with E-state index in [-0.39, 0.29) is 0 Å². The normalized spacial score (nSPS) is 12.3. The Morgan fingerprint density at radius 2 is 0.692 bits per heavy atom. The maximum Gasteiger partial charge on any atom is 0.0620 e. The smallest absolute Gasteiger partial charge is 0.0620 e. The molecule has 0 unspecified atom stereocenters. The van der Waals surface area contributed by atoms with Gasteiger partial charge in [0.25, 0.3) is 0 Å². The molecule has 0 saturated carbocycles. The molecule has 0 aliphatic rings. The van der Waals surface area contributed by atoms with Gasteiger partial charge < -0.3 is 13.5 Å². The number of nitrogens with zero attached hydrogens (tertiary/aromatic N) is 3. The molecule has 4 aromatic heterocycles. The van der Waals surface area contributed by atoms with Crippen molar-refractivity contribution >= 4 is 103 Å². The van der Waals surface area contributed by atoms with Crippen molar-refractivity contribution in [2.24, 2.45) is 0 Å². The first-order valence-electron chi connectivity index (χ1n) is 22.5. The van der Waals surface area contributed by atoms with Crippen LogP contribution >= 0.6 is 0 Å². The lowest BCUT2D eigenvalue weighted by molar-refractivity contribution is 1.18. The summed E-state index contributed by atoms with van der Waals surface area (Å²) in [6.45, 7) is 0. The number of benzene rings is 11. The maximum atomic E-state index is 2.47. The van der Waals surface area contributed by atoms with Crippen LogP contribution in [0.25, 0.3) is 137 Å². The molecule has 0 saturated heterocycles. The molecule has 65 heavy (non-hydrogen) atoms. The van der Waals surface area contributed by atoms with Crippen LogP contribution in [0.5, 0.6) is 0 Å². The molecule has 300 valence electrons. The van der Waals surface area contributed by atoms with Gasteiger partial charge in [0, 0.05) is 54.2 Å². The zero-order valence-electron chi connectivity index (χ0n) is 35.2. The topological polar surface area (TPSA) is 14.3 Å². The van der Waals surface area contributed by atoms with Crippen LogP contribution in [0.3, 0.4) is 0 Å². The summed E-state index contributed by atoms with van der Waals surface area (Å²) in [5.41, 5.74) is 15.8. The second-order valence-electron chi connectivity index (χ2n) is 17.7. The summed E-state index contributed by atoms with van der Waals surface area (Å²) >= 11 is 0. The molecule has 0 bridgehead atoms. The fourth-order valence-electron chi connectivity index (χ4n) is 11.5. The van der Waals surface area contributed by atoms with Gasteiger partial charge in [0.2, 0.25) is 0 Å². The lowest BCUT2D eigenvalue weighted by Gasteiger charge is -2.14. The van der Waals surface area contributed by atoms with Crippen molar-refractivity contribution in [1.82, 2.24) is 13.5 Å². The summed E-state index contributed by atoms with van der Waals surface area (Å²) in [6.07, 6.45) is 0. The van der Waals surface area contributed by atoms with Crippen molar-refractivity contribution in [3.8, 4) is 33.6 Å². The molecule has 3 heteroatoms. The lowest BCUT2D eigenvalue weighted by Crippen LogP contribution is -1.96. The molecule has 3 nitrogen and oxygen atoms in total. The third kappa shape index (κ3) is 4.79. The fourth-order valence-corrected chi connectivity index (χ4v) is 11.5. The maximum absolute atomic E-state index is 2.47. The van der Waals surface area contributed by atoms with Crippen LogP contribution in [-0.2, 0) is 0 Å². The minimum atomic E-state index is 1.16. The van der Waals surface area contributed by atoms with Crippen molar-refractivity contribution in [2.75, 3.05) is 0 Å². The molecule has 0 spiro atoms. The molecule has 4 heterocycles. The first-order chi connectivity index (χ1) is 32.2. The van der Waals surface area contributed by atoms with Gasteiger partial charge in [0.1, 0.15) is 0 Å². The highest BCUT2D eigenvalue weighted by molar-refractivity contribution is 6.24. The molecule has 0 radical (unpaired) electrons. The van der Waals surface area contributed by atoms with Crippen LogP contribution < -0.4 is 0 Å². The number of rotatable bonds is 4. The first kappa shape index (κ1) is 34.9. The van der Waals surface area contributed by atoms with E-state index in [1.165, 1.54) is 131 Å². The van der Waals surface area contributed by atoms with E-state index in [1.807, 2.05) is 0 Å². The Labute approximate surface area is 373 Å². The van der Waals surface area contributed by atoms with Crippen molar-refractivity contribution < 1.29 is 0 Å². The SMILES string of the molecule is c1ccc2c(c1)cc(-n1c3ccccc3c3cc(-c4ccc(-c5ccc6c(c5)c5ccccc5n6-c5ccc6c7cccc8c9ccccc9n(c6c5)c87)cc4)ccc31)c1ccccc12. The Morgan fingerprint density at radius 1 is 0.231 bits per heavy atom. The largest absolute Gasteiger partial charge is 0.309 e. The third-order valence-electron chi connectivity index (χ3n) is 14.3. The number of hydrogen-bond acceptors (Lipinski definition) is 0. The molecule has 15 rings (SSSR count). The van der Waals surface area contributed by atoms with Crippen molar-refractivity contribution in [3.05, 3.63) is 224 Å². The van der Waals surface area contributed by atoms with Crippen LogP contribution in [-0.4, -0.2) is 13.5 Å². The summed E-state index contributed by atoms with van der Waals surface area (Å²) in [7, 11) is 0. The fraction of sp³-hybridized carbons (Fsp3) is 0. The Hall–Kier alpha value is -8.66. The lowest BCUT2D eigenvalue weighted by atomic mass is 9.98. The van der Waals surface area contributed by atoms with E-state index in [4.69, 9.17) is 0 Å². The van der Waals surface area contributed by atoms with Crippen LogP contribution in [0.4, 0.5) is 0 Å². The summed E-state index contributed by atoms with van der Waals surface area (Å²) in [5, 5.41) is 15.3. The van der Waals surface area contributed by atoms with Crippen LogP contribution in [0.2, 0.25) is 0 Å². The summed E-state index contributed by atoms with van der Waals surface area (Å²) in [4.78, 5) is 0. The predicted molar refractivity (Wildman–Crippen MR) is 276 cm³/mol. The van der Waals surface area contributed by atoms with E-state index < -0.39 is 0 Å². The predicted octanol–water partition coefficient (Wildman–Crippen LogP) is 16.7. The minimum absolute atomic E-state index is 1.16. The average molecular weight is 824 g/mol.